The van der Waals surface area contributed by atoms with Crippen molar-refractivity contribution in [3.8, 4) is 0 Å². The molecule has 1 rings (SSSR count). The van der Waals surface area contributed by atoms with E-state index in [4.69, 9.17) is 9.47 Å². The summed E-state index contributed by atoms with van der Waals surface area (Å²) in [5.74, 6) is 0.262. The van der Waals surface area contributed by atoms with Crippen molar-refractivity contribution in [2.45, 2.75) is 44.8 Å². The molecule has 3 heteroatoms. The molecule has 3 atom stereocenters. The molecule has 1 heterocycles. The number of hydrogen-bond donors (Lipinski definition) is 1. The Kier molecular flexibility index (Phi) is 5.45. The molecule has 3 unspecified atom stereocenters. The number of ether oxygens (including phenoxy) is 2. The number of hydrogen-bond acceptors (Lipinski definition) is 3. The van der Waals surface area contributed by atoms with Crippen molar-refractivity contribution in [1.82, 2.24) is 0 Å². The Hall–Kier alpha value is -0.120. The smallest absolute Gasteiger partial charge is 0.0836 e. The van der Waals surface area contributed by atoms with Gasteiger partial charge in [0.05, 0.1) is 12.2 Å². The lowest BCUT2D eigenvalue weighted by Gasteiger charge is -2.30. The molecule has 0 aromatic heterocycles. The fourth-order valence-corrected chi connectivity index (χ4v) is 1.88. The largest absolute Gasteiger partial charge is 0.390 e. The highest BCUT2D eigenvalue weighted by atomic mass is 16.5. The Morgan fingerprint density at radius 2 is 2.29 bits per heavy atom. The van der Waals surface area contributed by atoms with E-state index >= 15 is 0 Å². The summed E-state index contributed by atoms with van der Waals surface area (Å²) in [4.78, 5) is 0. The van der Waals surface area contributed by atoms with E-state index in [-0.39, 0.29) is 18.1 Å². The van der Waals surface area contributed by atoms with Crippen molar-refractivity contribution in [3.05, 3.63) is 0 Å². The summed E-state index contributed by atoms with van der Waals surface area (Å²) in [6.07, 6.45) is 3.94. The zero-order valence-corrected chi connectivity index (χ0v) is 9.24. The van der Waals surface area contributed by atoms with Crippen LogP contribution in [0, 0.1) is 5.92 Å². The van der Waals surface area contributed by atoms with Crippen LogP contribution in [-0.2, 0) is 9.47 Å². The molecular weight excluding hydrogens is 180 g/mol. The molecule has 0 aromatic rings. The normalized spacial score (nSPS) is 27.2. The predicted molar refractivity (Wildman–Crippen MR) is 55.3 cm³/mol. The SMILES string of the molecule is COCCC(C)C(O)C1CCCCO1. The van der Waals surface area contributed by atoms with E-state index in [2.05, 4.69) is 6.92 Å². The average molecular weight is 202 g/mol. The summed E-state index contributed by atoms with van der Waals surface area (Å²) in [7, 11) is 1.69. The van der Waals surface area contributed by atoms with Crippen molar-refractivity contribution < 1.29 is 14.6 Å². The van der Waals surface area contributed by atoms with Crippen LogP contribution in [0.5, 0.6) is 0 Å². The van der Waals surface area contributed by atoms with Gasteiger partial charge in [-0.3, -0.25) is 0 Å². The predicted octanol–water partition coefficient (Wildman–Crippen LogP) is 1.59. The topological polar surface area (TPSA) is 38.7 Å². The van der Waals surface area contributed by atoms with Gasteiger partial charge in [-0.25, -0.2) is 0 Å². The zero-order chi connectivity index (χ0) is 10.4. The van der Waals surface area contributed by atoms with Gasteiger partial charge in [0.2, 0.25) is 0 Å². The van der Waals surface area contributed by atoms with Gasteiger partial charge in [-0.15, -0.1) is 0 Å². The Morgan fingerprint density at radius 3 is 2.86 bits per heavy atom. The molecule has 14 heavy (non-hydrogen) atoms. The van der Waals surface area contributed by atoms with Gasteiger partial charge in [0.15, 0.2) is 0 Å². The molecule has 1 aliphatic heterocycles. The van der Waals surface area contributed by atoms with Gasteiger partial charge in [-0.1, -0.05) is 6.92 Å². The first kappa shape index (κ1) is 12.0. The molecule has 0 saturated carbocycles. The highest BCUT2D eigenvalue weighted by molar-refractivity contribution is 4.76. The molecule has 1 N–H and O–H groups in total. The van der Waals surface area contributed by atoms with Crippen molar-refractivity contribution in [2.24, 2.45) is 5.92 Å². The van der Waals surface area contributed by atoms with Gasteiger partial charge in [0.25, 0.3) is 0 Å². The molecule has 1 aliphatic rings. The van der Waals surface area contributed by atoms with Gasteiger partial charge < -0.3 is 14.6 Å². The molecule has 0 aromatic carbocycles. The molecule has 0 spiro atoms. The first-order valence-corrected chi connectivity index (χ1v) is 5.54. The highest BCUT2D eigenvalue weighted by Crippen LogP contribution is 2.21. The Bertz CT molecular complexity index is 143. The molecular formula is C11H22O3. The lowest BCUT2D eigenvalue weighted by molar-refractivity contribution is -0.0834. The minimum atomic E-state index is -0.328. The van der Waals surface area contributed by atoms with Crippen molar-refractivity contribution in [2.75, 3.05) is 20.3 Å². The van der Waals surface area contributed by atoms with Crippen LogP contribution in [0.2, 0.25) is 0 Å². The minimum absolute atomic E-state index is 0.0515. The van der Waals surface area contributed by atoms with Crippen LogP contribution in [0.25, 0.3) is 0 Å². The number of rotatable bonds is 5. The molecule has 0 amide bonds. The zero-order valence-electron chi connectivity index (χ0n) is 9.24. The van der Waals surface area contributed by atoms with E-state index in [0.717, 1.165) is 25.9 Å². The van der Waals surface area contributed by atoms with Crippen LogP contribution >= 0.6 is 0 Å². The van der Waals surface area contributed by atoms with Gasteiger partial charge in [0.1, 0.15) is 0 Å². The van der Waals surface area contributed by atoms with Crippen LogP contribution in [0.15, 0.2) is 0 Å². The number of methoxy groups -OCH3 is 1. The Morgan fingerprint density at radius 1 is 1.50 bits per heavy atom. The van der Waals surface area contributed by atoms with Crippen LogP contribution in [-0.4, -0.2) is 37.6 Å². The first-order chi connectivity index (χ1) is 6.75. The van der Waals surface area contributed by atoms with Crippen molar-refractivity contribution in [3.63, 3.8) is 0 Å². The van der Waals surface area contributed by atoms with Gasteiger partial charge >= 0.3 is 0 Å². The third-order valence-electron chi connectivity index (χ3n) is 2.96. The molecule has 0 aliphatic carbocycles. The molecule has 1 saturated heterocycles. The van der Waals surface area contributed by atoms with Gasteiger partial charge in [-0.05, 0) is 31.6 Å². The lowest BCUT2D eigenvalue weighted by atomic mass is 9.93. The third-order valence-corrected chi connectivity index (χ3v) is 2.96. The average Bonchev–Trinajstić information content (AvgIpc) is 2.26. The van der Waals surface area contributed by atoms with E-state index in [1.54, 1.807) is 7.11 Å². The molecule has 3 nitrogen and oxygen atoms in total. The lowest BCUT2D eigenvalue weighted by Crippen LogP contribution is -2.37. The molecule has 0 radical (unpaired) electrons. The van der Waals surface area contributed by atoms with E-state index < -0.39 is 0 Å². The minimum Gasteiger partial charge on any atom is -0.390 e. The quantitative estimate of drug-likeness (QED) is 0.735. The summed E-state index contributed by atoms with van der Waals surface area (Å²) < 4.78 is 10.5. The summed E-state index contributed by atoms with van der Waals surface area (Å²) in [5.41, 5.74) is 0. The van der Waals surface area contributed by atoms with E-state index in [9.17, 15) is 5.11 Å². The van der Waals surface area contributed by atoms with E-state index in [1.807, 2.05) is 0 Å². The summed E-state index contributed by atoms with van der Waals surface area (Å²) in [6, 6.07) is 0. The standard InChI is InChI=1S/C11H22O3/c1-9(6-8-13-2)11(12)10-5-3-4-7-14-10/h9-12H,3-8H2,1-2H3. The van der Waals surface area contributed by atoms with Crippen molar-refractivity contribution >= 4 is 0 Å². The molecule has 84 valence electrons. The molecule has 0 bridgehead atoms. The van der Waals surface area contributed by atoms with Crippen LogP contribution in [0.4, 0.5) is 0 Å². The maximum Gasteiger partial charge on any atom is 0.0836 e. The monoisotopic (exact) mass is 202 g/mol. The first-order valence-electron chi connectivity index (χ1n) is 5.54. The van der Waals surface area contributed by atoms with Crippen LogP contribution in [0.3, 0.4) is 0 Å². The fraction of sp³-hybridized carbons (Fsp3) is 1.00. The summed E-state index contributed by atoms with van der Waals surface area (Å²) >= 11 is 0. The van der Waals surface area contributed by atoms with Gasteiger partial charge in [0, 0.05) is 20.3 Å². The van der Waals surface area contributed by atoms with Crippen molar-refractivity contribution in [1.29, 1.82) is 0 Å². The summed E-state index contributed by atoms with van der Waals surface area (Å²) in [5, 5.41) is 9.99. The Balaban J connectivity index is 2.26. The second-order valence-electron chi connectivity index (χ2n) is 4.15. The molecule has 1 fully saturated rings. The summed E-state index contributed by atoms with van der Waals surface area (Å²) in [6.45, 7) is 3.57. The number of aliphatic hydroxyl groups excluding tert-OH is 1. The second kappa shape index (κ2) is 6.38. The van der Waals surface area contributed by atoms with Crippen LogP contribution in [0.1, 0.15) is 32.6 Å². The maximum atomic E-state index is 9.99. The number of aliphatic hydroxyl groups is 1. The van der Waals surface area contributed by atoms with E-state index in [1.165, 1.54) is 6.42 Å². The van der Waals surface area contributed by atoms with E-state index in [0.29, 0.717) is 6.61 Å². The highest BCUT2D eigenvalue weighted by Gasteiger charge is 2.26. The maximum absolute atomic E-state index is 9.99. The third kappa shape index (κ3) is 3.56. The second-order valence-corrected chi connectivity index (χ2v) is 4.15. The van der Waals surface area contributed by atoms with Crippen LogP contribution < -0.4 is 0 Å². The Labute approximate surface area is 86.4 Å². The van der Waals surface area contributed by atoms with Gasteiger partial charge in [-0.2, -0.15) is 0 Å². The fourth-order valence-electron chi connectivity index (χ4n) is 1.88.